The summed E-state index contributed by atoms with van der Waals surface area (Å²) in [6.45, 7) is 1.63. The lowest BCUT2D eigenvalue weighted by molar-refractivity contribution is -0.142. The maximum atomic E-state index is 11.4. The quantitative estimate of drug-likeness (QED) is 0.660. The van der Waals surface area contributed by atoms with Crippen LogP contribution in [0.3, 0.4) is 0 Å². The summed E-state index contributed by atoms with van der Waals surface area (Å²) in [5.74, 6) is -2.73. The second-order valence-electron chi connectivity index (χ2n) is 4.42. The van der Waals surface area contributed by atoms with E-state index in [1.54, 1.807) is 13.0 Å². The number of esters is 1. The minimum absolute atomic E-state index is 0.439. The van der Waals surface area contributed by atoms with Crippen LogP contribution in [0.25, 0.3) is 10.8 Å². The predicted octanol–water partition coefficient (Wildman–Crippen LogP) is 3.83. The Morgan fingerprint density at radius 2 is 1.95 bits per heavy atom. The second kappa shape index (κ2) is 6.75. The summed E-state index contributed by atoms with van der Waals surface area (Å²) in [5.41, 5.74) is 0. The van der Waals surface area contributed by atoms with Gasteiger partial charge in [-0.25, -0.2) is 5.09 Å². The van der Waals surface area contributed by atoms with Crippen LogP contribution in [0.4, 0.5) is 0 Å². The van der Waals surface area contributed by atoms with Crippen LogP contribution in [-0.4, -0.2) is 19.1 Å². The lowest BCUT2D eigenvalue weighted by atomic mass is 10.1. The number of hydrogen-bond acceptors (Lipinski definition) is 4. The molecule has 112 valence electrons. The fraction of sp³-hybridized carbons (Fsp3) is 0.214. The number of ether oxygens (including phenoxy) is 1. The zero-order valence-electron chi connectivity index (χ0n) is 11.6. The number of carbonyl (C=O) groups is 1. The van der Waals surface area contributed by atoms with E-state index in [0.29, 0.717) is 5.75 Å². The van der Waals surface area contributed by atoms with Gasteiger partial charge < -0.3 is 9.26 Å². The maximum Gasteiger partial charge on any atom is 0.323 e. The summed E-state index contributed by atoms with van der Waals surface area (Å²) >= 11 is 11.5. The number of carbonyl (C=O) groups excluding carboxylic acids is 1. The van der Waals surface area contributed by atoms with Gasteiger partial charge in [0, 0.05) is 5.39 Å². The normalized spacial score (nSPS) is 15.2. The first-order valence-electron chi connectivity index (χ1n) is 6.25. The summed E-state index contributed by atoms with van der Waals surface area (Å²) in [6, 6.07) is 12.8. The number of methoxy groups -OCH3 is 1. The van der Waals surface area contributed by atoms with Crippen molar-refractivity contribution < 1.29 is 14.1 Å². The molecule has 2 atom stereocenters. The van der Waals surface area contributed by atoms with E-state index >= 15 is 0 Å². The highest BCUT2D eigenvalue weighted by atomic mass is 35.7. The number of rotatable bonds is 5. The minimum atomic E-state index is -2.89. The van der Waals surface area contributed by atoms with Gasteiger partial charge in [-0.2, -0.15) is 0 Å². The Labute approximate surface area is 133 Å². The summed E-state index contributed by atoms with van der Waals surface area (Å²) < 4.78 is 10.4. The highest BCUT2D eigenvalue weighted by molar-refractivity contribution is 8.23. The molecule has 2 rings (SSSR count). The van der Waals surface area contributed by atoms with E-state index in [-0.39, 0.29) is 0 Å². The van der Waals surface area contributed by atoms with Crippen LogP contribution in [0, 0.1) is 0 Å². The largest absolute Gasteiger partial charge is 0.468 e. The molecule has 0 radical (unpaired) electrons. The Balaban J connectivity index is 2.23. The molecule has 0 bridgehead atoms. The van der Waals surface area contributed by atoms with Crippen molar-refractivity contribution >= 4 is 45.6 Å². The monoisotopic (exact) mass is 343 g/mol. The Kier molecular flexibility index (Phi) is 5.22. The Hall–Kier alpha value is -1.13. The van der Waals surface area contributed by atoms with Gasteiger partial charge in [0.25, 0.3) is 5.77 Å². The molecule has 0 heterocycles. The third-order valence-electron chi connectivity index (χ3n) is 2.87. The standard InChI is InChI=1S/C14H15ClNO3PS/c1-10(14(17)18-2)16-20(15,21)19-13-9-5-7-11-6-3-4-8-12(11)13/h3-10H,1-2H3,(H,16,21)/t10-,20?/m0/s1. The van der Waals surface area contributed by atoms with Crippen molar-refractivity contribution in [1.82, 2.24) is 5.09 Å². The third-order valence-corrected chi connectivity index (χ3v) is 5.03. The van der Waals surface area contributed by atoms with Crippen LogP contribution >= 0.6 is 17.0 Å². The molecular weight excluding hydrogens is 329 g/mol. The van der Waals surface area contributed by atoms with Crippen molar-refractivity contribution in [3.63, 3.8) is 0 Å². The van der Waals surface area contributed by atoms with E-state index in [1.165, 1.54) is 7.11 Å². The van der Waals surface area contributed by atoms with Gasteiger partial charge in [-0.1, -0.05) is 36.4 Å². The van der Waals surface area contributed by atoms with E-state index in [2.05, 4.69) is 9.82 Å². The molecule has 0 aliphatic carbocycles. The van der Waals surface area contributed by atoms with Crippen molar-refractivity contribution in [2.24, 2.45) is 0 Å². The molecule has 2 aromatic carbocycles. The summed E-state index contributed by atoms with van der Waals surface area (Å²) in [6.07, 6.45) is 0. The molecule has 0 fully saturated rings. The molecule has 0 saturated heterocycles. The fourth-order valence-electron chi connectivity index (χ4n) is 1.89. The first-order chi connectivity index (χ1) is 9.93. The Bertz CT molecular complexity index is 704. The molecule has 1 N–H and O–H groups in total. The summed E-state index contributed by atoms with van der Waals surface area (Å²) in [7, 11) is 1.31. The fourth-order valence-corrected chi connectivity index (χ4v) is 4.30. The third kappa shape index (κ3) is 4.17. The van der Waals surface area contributed by atoms with Crippen molar-refractivity contribution in [1.29, 1.82) is 0 Å². The number of halogens is 1. The van der Waals surface area contributed by atoms with Gasteiger partial charge >= 0.3 is 5.97 Å². The smallest absolute Gasteiger partial charge is 0.323 e. The number of nitrogens with one attached hydrogen (secondary N) is 1. The van der Waals surface area contributed by atoms with Crippen LogP contribution in [-0.2, 0) is 21.3 Å². The highest BCUT2D eigenvalue weighted by Gasteiger charge is 2.24. The molecule has 7 heteroatoms. The lowest BCUT2D eigenvalue weighted by Crippen LogP contribution is -2.32. The van der Waals surface area contributed by atoms with Crippen LogP contribution in [0.15, 0.2) is 42.5 Å². The molecule has 1 unspecified atom stereocenters. The summed E-state index contributed by atoms with van der Waals surface area (Å²) in [5, 5.41) is 4.76. The van der Waals surface area contributed by atoms with Crippen molar-refractivity contribution in [2.45, 2.75) is 13.0 Å². The summed E-state index contributed by atoms with van der Waals surface area (Å²) in [4.78, 5) is 11.4. The van der Waals surface area contributed by atoms with Crippen LogP contribution < -0.4 is 9.61 Å². The molecule has 0 amide bonds. The molecule has 0 aliphatic heterocycles. The zero-order valence-corrected chi connectivity index (χ0v) is 14.0. The molecule has 21 heavy (non-hydrogen) atoms. The van der Waals surface area contributed by atoms with Crippen LogP contribution in [0.1, 0.15) is 6.92 Å². The Morgan fingerprint density at radius 1 is 1.29 bits per heavy atom. The first-order valence-corrected chi connectivity index (χ1v) is 9.88. The SMILES string of the molecule is COC(=O)[C@H](C)NP(=S)(Cl)Oc1cccc2ccccc12. The average Bonchev–Trinajstić information content (AvgIpc) is 2.46. The van der Waals surface area contributed by atoms with E-state index in [0.717, 1.165) is 10.8 Å². The van der Waals surface area contributed by atoms with Crippen molar-refractivity contribution in [2.75, 3.05) is 7.11 Å². The van der Waals surface area contributed by atoms with Gasteiger partial charge in [-0.15, -0.1) is 0 Å². The van der Waals surface area contributed by atoms with Gasteiger partial charge in [0.2, 0.25) is 0 Å². The van der Waals surface area contributed by atoms with Gasteiger partial charge in [0.05, 0.1) is 7.11 Å². The zero-order chi connectivity index (χ0) is 15.5. The minimum Gasteiger partial charge on any atom is -0.468 e. The molecule has 4 nitrogen and oxygen atoms in total. The Morgan fingerprint density at radius 3 is 2.67 bits per heavy atom. The topological polar surface area (TPSA) is 47.6 Å². The van der Waals surface area contributed by atoms with Crippen LogP contribution in [0.5, 0.6) is 5.75 Å². The highest BCUT2D eigenvalue weighted by Crippen LogP contribution is 2.50. The van der Waals surface area contributed by atoms with Gasteiger partial charge in [-0.3, -0.25) is 4.79 Å². The molecule has 0 aromatic heterocycles. The van der Waals surface area contributed by atoms with Crippen molar-refractivity contribution in [3.05, 3.63) is 42.5 Å². The molecule has 2 aromatic rings. The number of fused-ring (bicyclic) bond motifs is 1. The lowest BCUT2D eigenvalue weighted by Gasteiger charge is -2.21. The molecule has 0 aliphatic rings. The first kappa shape index (κ1) is 16.2. The molecule has 0 spiro atoms. The molecule has 0 saturated carbocycles. The van der Waals surface area contributed by atoms with Gasteiger partial charge in [0.15, 0.2) is 0 Å². The number of benzene rings is 2. The number of hydrogen-bond donors (Lipinski definition) is 1. The van der Waals surface area contributed by atoms with Gasteiger partial charge in [-0.05, 0) is 41.4 Å². The second-order valence-corrected chi connectivity index (χ2v) is 9.39. The van der Waals surface area contributed by atoms with Gasteiger partial charge in [0.1, 0.15) is 11.8 Å². The van der Waals surface area contributed by atoms with E-state index in [1.807, 2.05) is 36.4 Å². The predicted molar refractivity (Wildman–Crippen MR) is 89.3 cm³/mol. The van der Waals surface area contributed by atoms with Crippen LogP contribution in [0.2, 0.25) is 0 Å². The average molecular weight is 344 g/mol. The van der Waals surface area contributed by atoms with E-state index < -0.39 is 17.8 Å². The maximum absolute atomic E-state index is 11.4. The van der Waals surface area contributed by atoms with Crippen molar-refractivity contribution in [3.8, 4) is 5.75 Å². The van der Waals surface area contributed by atoms with E-state index in [4.69, 9.17) is 27.6 Å². The molecular formula is C14H15ClNO3PS. The van der Waals surface area contributed by atoms with E-state index in [9.17, 15) is 4.79 Å².